The van der Waals surface area contributed by atoms with Crippen LogP contribution in [0.1, 0.15) is 51.9 Å². The van der Waals surface area contributed by atoms with Gasteiger partial charge in [0.05, 0.1) is 0 Å². The minimum atomic E-state index is 1.03. The molecule has 13 heavy (non-hydrogen) atoms. The third-order valence-corrected chi connectivity index (χ3v) is 3.13. The number of allylic oxidation sites excluding steroid dienone is 1. The molecule has 2 heterocycles. The van der Waals surface area contributed by atoms with E-state index in [9.17, 15) is 0 Å². The summed E-state index contributed by atoms with van der Waals surface area (Å²) in [7, 11) is 2.62. The summed E-state index contributed by atoms with van der Waals surface area (Å²) in [5.41, 5.74) is 0. The quantitative estimate of drug-likeness (QED) is 0.415. The molecule has 0 amide bonds. The highest BCUT2D eigenvalue weighted by Crippen LogP contribution is 2.40. The Hall–Kier alpha value is -0.195. The zero-order chi connectivity index (χ0) is 9.52. The van der Waals surface area contributed by atoms with E-state index in [-0.39, 0.29) is 0 Å². The molecule has 0 aliphatic carbocycles. The van der Waals surface area contributed by atoms with Crippen molar-refractivity contribution in [2.45, 2.75) is 63.5 Å². The normalized spacial score (nSPS) is 30.8. The predicted octanol–water partition coefficient (Wildman–Crippen LogP) is 4.22. The average molecular weight is 177 g/mol. The Labute approximate surface area is 84.0 Å². The van der Waals surface area contributed by atoms with E-state index in [1.54, 1.807) is 0 Å². The molecule has 2 rings (SSSR count). The molecule has 2 aliphatic rings. The van der Waals surface area contributed by atoms with Crippen molar-refractivity contribution in [1.29, 1.82) is 0 Å². The number of hydrogen-bond donors (Lipinski definition) is 0. The molecule has 0 saturated carbocycles. The Kier molecular flexibility index (Phi) is 5.26. The Balaban J connectivity index is 0.000000184. The molecule has 0 nitrogen and oxygen atoms in total. The van der Waals surface area contributed by atoms with Crippen molar-refractivity contribution in [3.05, 3.63) is 12.7 Å². The van der Waals surface area contributed by atoms with Gasteiger partial charge in [-0.1, -0.05) is 63.2 Å². The fourth-order valence-corrected chi connectivity index (χ4v) is 2.34. The van der Waals surface area contributed by atoms with Gasteiger partial charge in [-0.3, -0.25) is 0 Å². The van der Waals surface area contributed by atoms with E-state index in [4.69, 9.17) is 0 Å². The Morgan fingerprint density at radius 1 is 1.15 bits per heavy atom. The van der Waals surface area contributed by atoms with E-state index < -0.39 is 0 Å². The van der Waals surface area contributed by atoms with Gasteiger partial charge < -0.3 is 0 Å². The van der Waals surface area contributed by atoms with E-state index in [0.717, 1.165) is 18.1 Å². The molecule has 0 spiro atoms. The van der Waals surface area contributed by atoms with Gasteiger partial charge in [-0.05, 0) is 6.42 Å². The first kappa shape index (κ1) is 10.9. The van der Waals surface area contributed by atoms with E-state index in [2.05, 4.69) is 20.8 Å². The summed E-state index contributed by atoms with van der Waals surface area (Å²) in [5, 5.41) is 0. The predicted molar refractivity (Wildman–Crippen MR) is 61.4 cm³/mol. The van der Waals surface area contributed by atoms with Crippen LogP contribution in [0.15, 0.2) is 12.7 Å². The van der Waals surface area contributed by atoms with Crippen LogP contribution in [0.3, 0.4) is 0 Å². The third-order valence-electron chi connectivity index (χ3n) is 3.13. The highest BCUT2D eigenvalue weighted by molar-refractivity contribution is 6.40. The molecule has 0 aromatic rings. The highest BCUT2D eigenvalue weighted by Gasteiger charge is 2.26. The fraction of sp³-hybridized carbons (Fsp3) is 0.833. The van der Waals surface area contributed by atoms with Crippen molar-refractivity contribution < 1.29 is 0 Å². The van der Waals surface area contributed by atoms with Crippen molar-refractivity contribution in [1.82, 2.24) is 0 Å². The van der Waals surface area contributed by atoms with Gasteiger partial charge in [0.2, 0.25) is 0 Å². The van der Waals surface area contributed by atoms with Gasteiger partial charge in [-0.2, -0.15) is 0 Å². The first-order valence-corrected chi connectivity index (χ1v) is 5.82. The molecule has 73 valence electrons. The van der Waals surface area contributed by atoms with Crippen molar-refractivity contribution in [2.75, 3.05) is 0 Å². The first-order chi connectivity index (χ1) is 6.36. The van der Waals surface area contributed by atoms with Crippen LogP contribution in [-0.2, 0) is 0 Å². The van der Waals surface area contributed by atoms with Crippen molar-refractivity contribution in [2.24, 2.45) is 0 Å². The molecule has 2 aliphatic heterocycles. The lowest BCUT2D eigenvalue weighted by molar-refractivity contribution is 0.455. The Bertz CT molecular complexity index is 122. The van der Waals surface area contributed by atoms with Gasteiger partial charge in [-0.25, -0.2) is 0 Å². The van der Waals surface area contributed by atoms with Gasteiger partial charge >= 0.3 is 0 Å². The lowest BCUT2D eigenvalue weighted by Crippen LogP contribution is -2.21. The van der Waals surface area contributed by atoms with E-state index in [1.807, 2.05) is 6.08 Å². The van der Waals surface area contributed by atoms with Crippen LogP contribution >= 0.6 is 0 Å². The van der Waals surface area contributed by atoms with E-state index >= 15 is 0 Å². The number of fused-ring (bicyclic) bond motifs is 2. The molecular weight excluding hydrogens is 155 g/mol. The van der Waals surface area contributed by atoms with Gasteiger partial charge in [0, 0.05) is 0 Å². The monoisotopic (exact) mass is 177 g/mol. The summed E-state index contributed by atoms with van der Waals surface area (Å²) in [6.45, 7) is 5.54. The molecule has 2 saturated heterocycles. The summed E-state index contributed by atoms with van der Waals surface area (Å²) in [6, 6.07) is 0. The van der Waals surface area contributed by atoms with Crippen LogP contribution in [0.25, 0.3) is 0 Å². The van der Waals surface area contributed by atoms with Gasteiger partial charge in [0.25, 0.3) is 0 Å². The summed E-state index contributed by atoms with van der Waals surface area (Å²) in [6.07, 6.45) is 12.0. The maximum atomic E-state index is 3.48. The number of rotatable bonds is 1. The molecule has 1 heteroatoms. The van der Waals surface area contributed by atoms with Crippen LogP contribution in [0.5, 0.6) is 0 Å². The second-order valence-corrected chi connectivity index (χ2v) is 4.27. The van der Waals surface area contributed by atoms with Gasteiger partial charge in [0.15, 0.2) is 0 Å². The maximum Gasteiger partial charge on any atom is 0.117 e. The number of hydrogen-bond acceptors (Lipinski definition) is 0. The van der Waals surface area contributed by atoms with E-state index in [1.165, 1.54) is 38.5 Å². The SMILES string of the molecule is C=CCC.[B]1C2CCCC1CCC2. The van der Waals surface area contributed by atoms with Crippen molar-refractivity contribution in [3.8, 4) is 0 Å². The molecule has 0 aromatic carbocycles. The van der Waals surface area contributed by atoms with Gasteiger partial charge in [0.1, 0.15) is 7.28 Å². The first-order valence-electron chi connectivity index (χ1n) is 5.82. The second-order valence-electron chi connectivity index (χ2n) is 4.27. The van der Waals surface area contributed by atoms with Crippen LogP contribution in [0, 0.1) is 0 Å². The van der Waals surface area contributed by atoms with Crippen LogP contribution in [0.2, 0.25) is 11.6 Å². The molecule has 0 N–H and O–H groups in total. The van der Waals surface area contributed by atoms with Crippen molar-refractivity contribution >= 4 is 7.28 Å². The van der Waals surface area contributed by atoms with Gasteiger partial charge in [-0.15, -0.1) is 6.58 Å². The maximum absolute atomic E-state index is 3.48. The molecule has 0 atom stereocenters. The molecular formula is C12H22B. The zero-order valence-electron chi connectivity index (χ0n) is 8.97. The molecule has 1 radical (unpaired) electrons. The smallest absolute Gasteiger partial charge is 0.103 e. The molecule has 2 bridgehead atoms. The topological polar surface area (TPSA) is 0 Å². The standard InChI is InChI=1S/C8H14B.C4H8/c1-3-7-5-2-6-8(4-1)9-7;1-3-4-2/h7-8H,1-6H2;3H,1,4H2,2H3. The van der Waals surface area contributed by atoms with Crippen molar-refractivity contribution in [3.63, 3.8) is 0 Å². The summed E-state index contributed by atoms with van der Waals surface area (Å²) in [5.74, 6) is 2.05. The molecule has 2 fully saturated rings. The van der Waals surface area contributed by atoms with Crippen LogP contribution < -0.4 is 0 Å². The minimum absolute atomic E-state index is 1.03. The summed E-state index contributed by atoms with van der Waals surface area (Å²) >= 11 is 0. The average Bonchev–Trinajstić information content (AvgIpc) is 2.19. The fourth-order valence-electron chi connectivity index (χ4n) is 2.34. The van der Waals surface area contributed by atoms with Crippen LogP contribution in [0.4, 0.5) is 0 Å². The summed E-state index contributed by atoms with van der Waals surface area (Å²) in [4.78, 5) is 0. The lowest BCUT2D eigenvalue weighted by Gasteiger charge is -2.33. The third kappa shape index (κ3) is 4.02. The molecule has 0 aromatic heterocycles. The zero-order valence-corrected chi connectivity index (χ0v) is 8.97. The molecule has 0 unspecified atom stereocenters. The Morgan fingerprint density at radius 2 is 1.54 bits per heavy atom. The van der Waals surface area contributed by atoms with E-state index in [0.29, 0.717) is 0 Å². The summed E-state index contributed by atoms with van der Waals surface area (Å²) < 4.78 is 0. The largest absolute Gasteiger partial charge is 0.117 e. The second kappa shape index (κ2) is 6.29. The van der Waals surface area contributed by atoms with Crippen LogP contribution in [-0.4, -0.2) is 7.28 Å². The minimum Gasteiger partial charge on any atom is -0.103 e. The highest BCUT2D eigenvalue weighted by atomic mass is 14.2. The lowest BCUT2D eigenvalue weighted by atomic mass is 9.44. The Morgan fingerprint density at radius 3 is 1.77 bits per heavy atom.